The molecule has 0 spiro atoms. The predicted octanol–water partition coefficient (Wildman–Crippen LogP) is 3.35. The smallest absolute Gasteiger partial charge is 0.326 e. The van der Waals surface area contributed by atoms with E-state index in [9.17, 15) is 9.59 Å². The number of hydrogen-bond acceptors (Lipinski definition) is 2. The molecule has 0 bridgehead atoms. The van der Waals surface area contributed by atoms with Crippen LogP contribution in [0.1, 0.15) is 71.6 Å². The van der Waals surface area contributed by atoms with Crippen LogP contribution in [0.2, 0.25) is 0 Å². The third-order valence-corrected chi connectivity index (χ3v) is 4.08. The highest BCUT2D eigenvalue weighted by Gasteiger charge is 2.21. The van der Waals surface area contributed by atoms with Gasteiger partial charge in [0.25, 0.3) is 0 Å². The second-order valence-corrected chi connectivity index (χ2v) is 6.48. The lowest BCUT2D eigenvalue weighted by Gasteiger charge is -2.21. The zero-order chi connectivity index (χ0) is 15.0. The molecular weight excluding hydrogens is 254 g/mol. The van der Waals surface area contributed by atoms with Gasteiger partial charge in [-0.1, -0.05) is 46.0 Å². The van der Waals surface area contributed by atoms with Crippen LogP contribution >= 0.6 is 0 Å². The SMILES string of the molecule is CC(C)CC(NC(=O)CCCC1CCCCC1)C(=O)O. The molecule has 0 aromatic heterocycles. The Bertz CT molecular complexity index is 309. The Hall–Kier alpha value is -1.06. The molecule has 1 aliphatic rings. The normalized spacial score (nSPS) is 17.9. The van der Waals surface area contributed by atoms with Crippen molar-refractivity contribution in [2.45, 2.75) is 77.7 Å². The van der Waals surface area contributed by atoms with Crippen molar-refractivity contribution in [2.75, 3.05) is 0 Å². The van der Waals surface area contributed by atoms with Crippen molar-refractivity contribution in [2.24, 2.45) is 11.8 Å². The topological polar surface area (TPSA) is 66.4 Å². The summed E-state index contributed by atoms with van der Waals surface area (Å²) in [4.78, 5) is 22.9. The Balaban J connectivity index is 2.21. The molecule has 116 valence electrons. The summed E-state index contributed by atoms with van der Waals surface area (Å²) in [5, 5.41) is 11.7. The molecule has 4 nitrogen and oxygen atoms in total. The summed E-state index contributed by atoms with van der Waals surface area (Å²) in [6.45, 7) is 3.93. The third-order valence-electron chi connectivity index (χ3n) is 4.08. The minimum atomic E-state index is -0.931. The molecule has 20 heavy (non-hydrogen) atoms. The summed E-state index contributed by atoms with van der Waals surface area (Å²) in [6.07, 6.45) is 9.53. The van der Waals surface area contributed by atoms with Gasteiger partial charge < -0.3 is 10.4 Å². The monoisotopic (exact) mass is 283 g/mol. The van der Waals surface area contributed by atoms with Crippen molar-refractivity contribution in [3.05, 3.63) is 0 Å². The van der Waals surface area contributed by atoms with Crippen molar-refractivity contribution >= 4 is 11.9 Å². The molecule has 1 atom stereocenters. The van der Waals surface area contributed by atoms with E-state index in [0.29, 0.717) is 12.8 Å². The molecule has 1 unspecified atom stereocenters. The molecule has 1 amide bonds. The van der Waals surface area contributed by atoms with E-state index in [1.807, 2.05) is 13.8 Å². The van der Waals surface area contributed by atoms with E-state index < -0.39 is 12.0 Å². The Labute approximate surface area is 122 Å². The van der Waals surface area contributed by atoms with Gasteiger partial charge in [-0.2, -0.15) is 0 Å². The van der Waals surface area contributed by atoms with Crippen LogP contribution in [0.15, 0.2) is 0 Å². The maximum Gasteiger partial charge on any atom is 0.326 e. The number of carbonyl (C=O) groups excluding carboxylic acids is 1. The number of carbonyl (C=O) groups is 2. The average Bonchev–Trinajstić information content (AvgIpc) is 2.38. The summed E-state index contributed by atoms with van der Waals surface area (Å²) in [7, 11) is 0. The first kappa shape index (κ1) is 17.0. The van der Waals surface area contributed by atoms with Gasteiger partial charge >= 0.3 is 5.97 Å². The van der Waals surface area contributed by atoms with E-state index >= 15 is 0 Å². The molecule has 0 heterocycles. The first-order valence-electron chi connectivity index (χ1n) is 8.01. The lowest BCUT2D eigenvalue weighted by Crippen LogP contribution is -2.41. The first-order valence-corrected chi connectivity index (χ1v) is 8.01. The summed E-state index contributed by atoms with van der Waals surface area (Å²) < 4.78 is 0. The van der Waals surface area contributed by atoms with Crippen molar-refractivity contribution in [1.82, 2.24) is 5.32 Å². The molecule has 0 aromatic carbocycles. The van der Waals surface area contributed by atoms with Gasteiger partial charge in [-0.25, -0.2) is 4.79 Å². The van der Waals surface area contributed by atoms with Crippen LogP contribution < -0.4 is 5.32 Å². The molecule has 0 saturated heterocycles. The van der Waals surface area contributed by atoms with Crippen LogP contribution in [-0.4, -0.2) is 23.0 Å². The van der Waals surface area contributed by atoms with Crippen LogP contribution in [0.25, 0.3) is 0 Å². The first-order chi connectivity index (χ1) is 9.49. The number of aliphatic carboxylic acids is 1. The Kier molecular flexibility index (Phi) is 7.63. The minimum Gasteiger partial charge on any atom is -0.480 e. The summed E-state index contributed by atoms with van der Waals surface area (Å²) >= 11 is 0. The highest BCUT2D eigenvalue weighted by Crippen LogP contribution is 2.27. The predicted molar refractivity (Wildman–Crippen MR) is 79.4 cm³/mol. The standard InChI is InChI=1S/C16H29NO3/c1-12(2)11-14(16(19)20)17-15(18)10-6-9-13-7-4-3-5-8-13/h12-14H,3-11H2,1-2H3,(H,17,18)(H,19,20). The van der Waals surface area contributed by atoms with Crippen LogP contribution in [0.5, 0.6) is 0 Å². The van der Waals surface area contributed by atoms with Gasteiger partial charge in [-0.3, -0.25) is 4.79 Å². The van der Waals surface area contributed by atoms with Gasteiger partial charge in [0, 0.05) is 6.42 Å². The van der Waals surface area contributed by atoms with E-state index in [1.54, 1.807) is 0 Å². The molecule has 0 aliphatic heterocycles. The van der Waals surface area contributed by atoms with E-state index in [1.165, 1.54) is 32.1 Å². The maximum absolute atomic E-state index is 11.8. The fraction of sp³-hybridized carbons (Fsp3) is 0.875. The Morgan fingerprint density at radius 3 is 2.40 bits per heavy atom. The number of nitrogens with one attached hydrogen (secondary N) is 1. The number of hydrogen-bond donors (Lipinski definition) is 2. The Morgan fingerprint density at radius 2 is 1.85 bits per heavy atom. The van der Waals surface area contributed by atoms with E-state index in [4.69, 9.17) is 5.11 Å². The summed E-state index contributed by atoms with van der Waals surface area (Å²) in [5.74, 6) is -0.00527. The molecule has 0 radical (unpaired) electrons. The second-order valence-electron chi connectivity index (χ2n) is 6.48. The van der Waals surface area contributed by atoms with Crippen LogP contribution in [0.4, 0.5) is 0 Å². The molecule has 0 aromatic rings. The molecule has 4 heteroatoms. The quantitative estimate of drug-likeness (QED) is 0.718. The maximum atomic E-state index is 11.8. The zero-order valence-corrected chi connectivity index (χ0v) is 12.9. The van der Waals surface area contributed by atoms with E-state index in [2.05, 4.69) is 5.32 Å². The fourth-order valence-corrected chi connectivity index (χ4v) is 2.99. The highest BCUT2D eigenvalue weighted by atomic mass is 16.4. The van der Waals surface area contributed by atoms with E-state index in [0.717, 1.165) is 18.8 Å². The van der Waals surface area contributed by atoms with Gasteiger partial charge in [0.2, 0.25) is 5.91 Å². The molecule has 1 fully saturated rings. The van der Waals surface area contributed by atoms with Crippen molar-refractivity contribution < 1.29 is 14.7 Å². The zero-order valence-electron chi connectivity index (χ0n) is 12.9. The minimum absolute atomic E-state index is 0.117. The highest BCUT2D eigenvalue weighted by molar-refractivity contribution is 5.83. The van der Waals surface area contributed by atoms with Gasteiger partial charge in [0.15, 0.2) is 0 Å². The van der Waals surface area contributed by atoms with Crippen LogP contribution in [0.3, 0.4) is 0 Å². The lowest BCUT2D eigenvalue weighted by molar-refractivity contribution is -0.142. The number of rotatable bonds is 8. The third kappa shape index (κ3) is 6.92. The molecule has 1 aliphatic carbocycles. The number of carboxylic acid groups (broad SMARTS) is 1. The van der Waals surface area contributed by atoms with Crippen molar-refractivity contribution in [1.29, 1.82) is 0 Å². The summed E-state index contributed by atoms with van der Waals surface area (Å²) in [6, 6.07) is -0.739. The molecule has 1 saturated carbocycles. The van der Waals surface area contributed by atoms with Crippen LogP contribution in [0, 0.1) is 11.8 Å². The summed E-state index contributed by atoms with van der Waals surface area (Å²) in [5.41, 5.74) is 0. The van der Waals surface area contributed by atoms with Crippen molar-refractivity contribution in [3.8, 4) is 0 Å². The lowest BCUT2D eigenvalue weighted by atomic mass is 9.86. The number of amides is 1. The van der Waals surface area contributed by atoms with Gasteiger partial charge in [0.05, 0.1) is 0 Å². The largest absolute Gasteiger partial charge is 0.480 e. The molecular formula is C16H29NO3. The van der Waals surface area contributed by atoms with Crippen LogP contribution in [-0.2, 0) is 9.59 Å². The van der Waals surface area contributed by atoms with Crippen molar-refractivity contribution in [3.63, 3.8) is 0 Å². The number of carboxylic acids is 1. The molecule has 1 rings (SSSR count). The average molecular weight is 283 g/mol. The van der Waals surface area contributed by atoms with Gasteiger partial charge in [0.1, 0.15) is 6.04 Å². The van der Waals surface area contributed by atoms with Gasteiger partial charge in [-0.05, 0) is 31.1 Å². The van der Waals surface area contributed by atoms with Gasteiger partial charge in [-0.15, -0.1) is 0 Å². The second kappa shape index (κ2) is 8.98. The fourth-order valence-electron chi connectivity index (χ4n) is 2.99. The van der Waals surface area contributed by atoms with E-state index in [-0.39, 0.29) is 11.8 Å². The Morgan fingerprint density at radius 1 is 1.20 bits per heavy atom. The molecule has 2 N–H and O–H groups in total.